The summed E-state index contributed by atoms with van der Waals surface area (Å²) in [6, 6.07) is 9.67. The summed E-state index contributed by atoms with van der Waals surface area (Å²) >= 11 is 3.39. The Morgan fingerprint density at radius 2 is 1.73 bits per heavy atom. The first-order valence-electron chi connectivity index (χ1n) is 9.63. The van der Waals surface area contributed by atoms with Crippen molar-refractivity contribution in [1.82, 2.24) is 9.84 Å². The van der Waals surface area contributed by atoms with Gasteiger partial charge in [0.1, 0.15) is 10.7 Å². The Morgan fingerprint density at radius 1 is 1.07 bits per heavy atom. The Kier molecular flexibility index (Phi) is 5.84. The van der Waals surface area contributed by atoms with Crippen LogP contribution in [0.5, 0.6) is 0 Å². The highest BCUT2D eigenvalue weighted by atomic mass is 79.9. The molecule has 2 aromatic rings. The van der Waals surface area contributed by atoms with Gasteiger partial charge in [0, 0.05) is 49.8 Å². The van der Waals surface area contributed by atoms with Crippen molar-refractivity contribution in [2.75, 3.05) is 42.5 Å². The predicted molar refractivity (Wildman–Crippen MR) is 116 cm³/mol. The Hall–Kier alpha value is -2.01. The highest BCUT2D eigenvalue weighted by molar-refractivity contribution is 9.10. The van der Waals surface area contributed by atoms with Gasteiger partial charge in [-0.3, -0.25) is 4.79 Å². The summed E-state index contributed by atoms with van der Waals surface area (Å²) in [5.74, 6) is -0.466. The molecule has 0 bridgehead atoms. The molecule has 0 unspecified atom stereocenters. The van der Waals surface area contributed by atoms with Crippen LogP contribution in [-0.4, -0.2) is 52.1 Å². The molecule has 1 fully saturated rings. The van der Waals surface area contributed by atoms with Gasteiger partial charge in [-0.1, -0.05) is 15.9 Å². The monoisotopic (exact) mass is 496 g/mol. The van der Waals surface area contributed by atoms with Crippen LogP contribution in [0.2, 0.25) is 0 Å². The number of hydrogen-bond acceptors (Lipinski definition) is 5. The molecule has 2 aromatic carbocycles. The van der Waals surface area contributed by atoms with E-state index in [0.717, 1.165) is 11.3 Å². The number of carbonyl (C=O) groups is 1. The van der Waals surface area contributed by atoms with Crippen LogP contribution in [0.15, 0.2) is 45.8 Å². The molecule has 10 heteroatoms. The summed E-state index contributed by atoms with van der Waals surface area (Å²) in [6.07, 6.45) is 0.618. The zero-order chi connectivity index (χ0) is 21.5. The zero-order valence-electron chi connectivity index (χ0n) is 16.4. The fourth-order valence-corrected chi connectivity index (χ4v) is 5.97. The highest BCUT2D eigenvalue weighted by Gasteiger charge is 2.32. The van der Waals surface area contributed by atoms with Gasteiger partial charge in [-0.2, -0.15) is 0 Å². The molecule has 0 aliphatic carbocycles. The molecular weight excluding hydrogens is 475 g/mol. The Bertz CT molecular complexity index is 1070. The van der Waals surface area contributed by atoms with Crippen molar-refractivity contribution in [3.63, 3.8) is 0 Å². The Balaban J connectivity index is 1.51. The van der Waals surface area contributed by atoms with E-state index in [-0.39, 0.29) is 16.6 Å². The smallest absolute Gasteiger partial charge is 0.255 e. The molecule has 160 valence electrons. The second kappa shape index (κ2) is 8.26. The minimum Gasteiger partial charge on any atom is -0.369 e. The molecule has 1 N–H and O–H groups in total. The van der Waals surface area contributed by atoms with Crippen molar-refractivity contribution in [3.8, 4) is 0 Å². The molecule has 2 aliphatic heterocycles. The number of hydrogen-bond donors (Lipinski definition) is 1. The van der Waals surface area contributed by atoms with E-state index in [2.05, 4.69) is 25.7 Å². The summed E-state index contributed by atoms with van der Waals surface area (Å²) < 4.78 is 40.2. The van der Waals surface area contributed by atoms with Crippen molar-refractivity contribution in [1.29, 1.82) is 0 Å². The van der Waals surface area contributed by atoms with E-state index in [0.29, 0.717) is 49.3 Å². The average molecular weight is 497 g/mol. The van der Waals surface area contributed by atoms with Crippen molar-refractivity contribution in [2.45, 2.75) is 18.2 Å². The summed E-state index contributed by atoms with van der Waals surface area (Å²) in [6.45, 7) is 4.07. The van der Waals surface area contributed by atoms with Crippen LogP contribution in [0.25, 0.3) is 0 Å². The van der Waals surface area contributed by atoms with Crippen LogP contribution in [0, 0.1) is 5.82 Å². The molecule has 0 spiro atoms. The molecule has 4 rings (SSSR count). The first kappa shape index (κ1) is 21.2. The SMILES string of the molecule is CC(=O)N1CCc2cc(Br)cc(S(=O)(=O)NN3CCN(c4ccc(F)cc4)CC3)c21. The summed E-state index contributed by atoms with van der Waals surface area (Å²) in [5.41, 5.74) is 2.20. The third kappa shape index (κ3) is 4.22. The van der Waals surface area contributed by atoms with Gasteiger partial charge in [0.05, 0.1) is 5.69 Å². The third-order valence-electron chi connectivity index (χ3n) is 5.38. The van der Waals surface area contributed by atoms with Crippen LogP contribution in [-0.2, 0) is 21.2 Å². The first-order chi connectivity index (χ1) is 14.2. The molecular formula is C20H22BrFN4O3S. The molecule has 0 atom stereocenters. The van der Waals surface area contributed by atoms with Gasteiger partial charge < -0.3 is 9.80 Å². The number of piperazine rings is 1. The number of anilines is 2. The molecule has 7 nitrogen and oxygen atoms in total. The van der Waals surface area contributed by atoms with Gasteiger partial charge in [-0.25, -0.2) is 17.8 Å². The predicted octanol–water partition coefficient (Wildman–Crippen LogP) is 2.51. The fourth-order valence-electron chi connectivity index (χ4n) is 3.92. The lowest BCUT2D eigenvalue weighted by Gasteiger charge is -2.36. The summed E-state index contributed by atoms with van der Waals surface area (Å²) in [7, 11) is -3.88. The maximum absolute atomic E-state index is 13.2. The third-order valence-corrected chi connectivity index (χ3v) is 7.23. The van der Waals surface area contributed by atoms with E-state index in [1.54, 1.807) is 17.1 Å². The number of nitrogens with zero attached hydrogens (tertiary/aromatic N) is 3. The van der Waals surface area contributed by atoms with Crippen LogP contribution in [0.4, 0.5) is 15.8 Å². The maximum Gasteiger partial charge on any atom is 0.255 e. The van der Waals surface area contributed by atoms with E-state index in [4.69, 9.17) is 0 Å². The van der Waals surface area contributed by atoms with E-state index < -0.39 is 10.0 Å². The molecule has 0 radical (unpaired) electrons. The maximum atomic E-state index is 13.2. The van der Waals surface area contributed by atoms with E-state index in [9.17, 15) is 17.6 Å². The van der Waals surface area contributed by atoms with Gasteiger partial charge in [-0.15, -0.1) is 4.83 Å². The van der Waals surface area contributed by atoms with Crippen molar-refractivity contribution in [3.05, 3.63) is 52.3 Å². The second-order valence-corrected chi connectivity index (χ2v) is 9.92. The van der Waals surface area contributed by atoms with Gasteiger partial charge in [-0.05, 0) is 48.4 Å². The van der Waals surface area contributed by atoms with Crippen molar-refractivity contribution >= 4 is 43.2 Å². The number of benzene rings is 2. The molecule has 1 saturated heterocycles. The average Bonchev–Trinajstić information content (AvgIpc) is 3.12. The first-order valence-corrected chi connectivity index (χ1v) is 11.9. The molecule has 2 heterocycles. The number of sulfonamides is 1. The van der Waals surface area contributed by atoms with Gasteiger partial charge >= 0.3 is 0 Å². The molecule has 2 aliphatic rings. The molecule has 0 saturated carbocycles. The van der Waals surface area contributed by atoms with E-state index >= 15 is 0 Å². The quantitative estimate of drug-likeness (QED) is 0.703. The largest absolute Gasteiger partial charge is 0.369 e. The molecule has 1 amide bonds. The van der Waals surface area contributed by atoms with E-state index in [1.165, 1.54) is 30.0 Å². The normalized spacial score (nSPS) is 17.3. The van der Waals surface area contributed by atoms with Crippen LogP contribution in [0.1, 0.15) is 12.5 Å². The number of nitrogens with one attached hydrogen (secondary N) is 1. The highest BCUT2D eigenvalue weighted by Crippen LogP contribution is 2.37. The lowest BCUT2D eigenvalue weighted by molar-refractivity contribution is -0.116. The van der Waals surface area contributed by atoms with Crippen LogP contribution in [0.3, 0.4) is 0 Å². The van der Waals surface area contributed by atoms with Gasteiger partial charge in [0.2, 0.25) is 5.91 Å². The Morgan fingerprint density at radius 3 is 2.37 bits per heavy atom. The van der Waals surface area contributed by atoms with Crippen molar-refractivity contribution in [2.24, 2.45) is 0 Å². The number of halogens is 2. The standard InChI is InChI=1S/C20H22BrFN4O3S/c1-14(27)26-7-6-15-12-16(21)13-19(20(15)26)30(28,29)23-25-10-8-24(9-11-25)18-4-2-17(22)3-5-18/h2-5,12-13,23H,6-11H2,1H3. The number of fused-ring (bicyclic) bond motifs is 1. The lowest BCUT2D eigenvalue weighted by Crippen LogP contribution is -2.53. The minimum atomic E-state index is -3.88. The van der Waals surface area contributed by atoms with Crippen LogP contribution < -0.4 is 14.6 Å². The van der Waals surface area contributed by atoms with E-state index in [1.807, 2.05) is 6.07 Å². The van der Waals surface area contributed by atoms with Crippen LogP contribution >= 0.6 is 15.9 Å². The minimum absolute atomic E-state index is 0.0977. The van der Waals surface area contributed by atoms with Gasteiger partial charge in [0.15, 0.2) is 0 Å². The Labute approximate surface area is 183 Å². The van der Waals surface area contributed by atoms with Gasteiger partial charge in [0.25, 0.3) is 10.0 Å². The number of carbonyl (C=O) groups excluding carboxylic acids is 1. The fraction of sp³-hybridized carbons (Fsp3) is 0.350. The zero-order valence-corrected chi connectivity index (χ0v) is 18.8. The second-order valence-electron chi connectivity index (χ2n) is 7.38. The topological polar surface area (TPSA) is 73.0 Å². The molecule has 0 aromatic heterocycles. The summed E-state index contributed by atoms with van der Waals surface area (Å²) in [4.78, 5) is 18.4. The summed E-state index contributed by atoms with van der Waals surface area (Å²) in [5, 5.41) is 1.66. The van der Waals surface area contributed by atoms with Crippen molar-refractivity contribution < 1.29 is 17.6 Å². The number of hydrazine groups is 1. The number of rotatable bonds is 4. The molecule has 30 heavy (non-hydrogen) atoms. The lowest BCUT2D eigenvalue weighted by atomic mass is 10.2. The number of amides is 1.